The molecule has 3 nitrogen and oxygen atoms in total. The summed E-state index contributed by atoms with van der Waals surface area (Å²) < 4.78 is -1.85. The van der Waals surface area contributed by atoms with Crippen LogP contribution < -0.4 is 10.6 Å². The zero-order valence-corrected chi connectivity index (χ0v) is 16.3. The third-order valence-electron chi connectivity index (χ3n) is 2.94. The molecule has 0 heterocycles. The Kier molecular flexibility index (Phi) is 6.77. The molecule has 0 fully saturated rings. The summed E-state index contributed by atoms with van der Waals surface area (Å²) in [6, 6.07) is 11.3. The Hall–Kier alpha value is -0.550. The maximum absolute atomic E-state index is 12.4. The van der Waals surface area contributed by atoms with Crippen molar-refractivity contribution in [3.05, 3.63) is 63.1 Å². The van der Waals surface area contributed by atoms with Crippen LogP contribution in [-0.2, 0) is 0 Å². The number of alkyl halides is 3. The van der Waals surface area contributed by atoms with E-state index in [1.165, 1.54) is 6.07 Å². The van der Waals surface area contributed by atoms with Crippen molar-refractivity contribution < 1.29 is 4.79 Å². The molecule has 2 rings (SSSR count). The first-order valence-corrected chi connectivity index (χ1v) is 8.79. The largest absolute Gasteiger partial charge is 0.361 e. The van der Waals surface area contributed by atoms with Crippen molar-refractivity contribution in [2.75, 3.05) is 5.32 Å². The van der Waals surface area contributed by atoms with Gasteiger partial charge in [-0.2, -0.15) is 0 Å². The van der Waals surface area contributed by atoms with E-state index < -0.39 is 15.9 Å². The van der Waals surface area contributed by atoms with Gasteiger partial charge >= 0.3 is 0 Å². The van der Waals surface area contributed by atoms with E-state index in [4.69, 9.17) is 69.6 Å². The lowest BCUT2D eigenvalue weighted by molar-refractivity contribution is 0.0942. The maximum atomic E-state index is 12.4. The van der Waals surface area contributed by atoms with E-state index in [0.29, 0.717) is 21.3 Å². The zero-order valence-electron chi connectivity index (χ0n) is 11.8. The number of benzene rings is 2. The number of nitrogens with one attached hydrogen (secondary N) is 2. The Morgan fingerprint density at radius 3 is 2.29 bits per heavy atom. The second kappa shape index (κ2) is 8.22. The van der Waals surface area contributed by atoms with E-state index in [1.54, 1.807) is 36.4 Å². The molecular formula is C15H10Cl6N2O. The minimum absolute atomic E-state index is 0.246. The molecule has 1 unspecified atom stereocenters. The van der Waals surface area contributed by atoms with Crippen LogP contribution in [0, 0.1) is 0 Å². The SMILES string of the molecule is O=C(NC(Nc1cccc(Cl)c1Cl)C(Cl)(Cl)Cl)c1cccc(Cl)c1. The molecule has 0 aliphatic rings. The van der Waals surface area contributed by atoms with Crippen LogP contribution in [0.15, 0.2) is 42.5 Å². The standard InChI is InChI=1S/C15H10Cl6N2O/c16-9-4-1-3-8(7-9)13(24)23-14(15(19,20)21)22-11-6-2-5-10(17)12(11)18/h1-7,14,22H,(H,23,24). The average molecular weight is 447 g/mol. The summed E-state index contributed by atoms with van der Waals surface area (Å²) in [7, 11) is 0. The van der Waals surface area contributed by atoms with E-state index in [-0.39, 0.29) is 5.02 Å². The fourth-order valence-electron chi connectivity index (χ4n) is 1.81. The van der Waals surface area contributed by atoms with Crippen molar-refractivity contribution in [1.82, 2.24) is 5.32 Å². The molecular weight excluding hydrogens is 437 g/mol. The Bertz CT molecular complexity index is 747. The van der Waals surface area contributed by atoms with Gasteiger partial charge in [-0.1, -0.05) is 81.7 Å². The highest BCUT2D eigenvalue weighted by atomic mass is 35.6. The first-order chi connectivity index (χ1) is 11.2. The maximum Gasteiger partial charge on any atom is 0.253 e. The smallest absolute Gasteiger partial charge is 0.253 e. The lowest BCUT2D eigenvalue weighted by Crippen LogP contribution is -2.49. The van der Waals surface area contributed by atoms with Crippen LogP contribution in [0.25, 0.3) is 0 Å². The van der Waals surface area contributed by atoms with Gasteiger partial charge in [-0.15, -0.1) is 0 Å². The number of carbonyl (C=O) groups excluding carboxylic acids is 1. The molecule has 0 spiro atoms. The van der Waals surface area contributed by atoms with Crippen molar-refractivity contribution in [3.8, 4) is 0 Å². The molecule has 2 aromatic rings. The molecule has 2 N–H and O–H groups in total. The summed E-state index contributed by atoms with van der Waals surface area (Å²) in [5.41, 5.74) is 0.729. The normalized spacial score (nSPS) is 12.6. The van der Waals surface area contributed by atoms with Crippen LogP contribution in [0.2, 0.25) is 15.1 Å². The summed E-state index contributed by atoms with van der Waals surface area (Å²) in [6.07, 6.45) is -1.06. The minimum atomic E-state index is -1.85. The monoisotopic (exact) mass is 444 g/mol. The first-order valence-electron chi connectivity index (χ1n) is 6.52. The van der Waals surface area contributed by atoms with Crippen LogP contribution in [0.1, 0.15) is 10.4 Å². The van der Waals surface area contributed by atoms with Gasteiger partial charge in [0.2, 0.25) is 3.79 Å². The van der Waals surface area contributed by atoms with Gasteiger partial charge in [0.25, 0.3) is 5.91 Å². The second-order valence-electron chi connectivity index (χ2n) is 4.70. The Morgan fingerprint density at radius 2 is 1.67 bits per heavy atom. The first kappa shape index (κ1) is 19.8. The van der Waals surface area contributed by atoms with Crippen molar-refractivity contribution in [3.63, 3.8) is 0 Å². The summed E-state index contributed by atoms with van der Waals surface area (Å²) in [4.78, 5) is 12.4. The van der Waals surface area contributed by atoms with Gasteiger partial charge in [-0.05, 0) is 30.3 Å². The molecule has 0 radical (unpaired) electrons. The van der Waals surface area contributed by atoms with Crippen molar-refractivity contribution >= 4 is 81.2 Å². The van der Waals surface area contributed by atoms with Crippen LogP contribution in [-0.4, -0.2) is 15.9 Å². The van der Waals surface area contributed by atoms with Gasteiger partial charge in [-0.25, -0.2) is 0 Å². The summed E-state index contributed by atoms with van der Waals surface area (Å²) in [5.74, 6) is -0.473. The molecule has 0 aliphatic carbocycles. The molecule has 1 amide bonds. The molecule has 0 saturated carbocycles. The molecule has 128 valence electrons. The summed E-state index contributed by atoms with van der Waals surface area (Å²) >= 11 is 35.8. The topological polar surface area (TPSA) is 41.1 Å². The molecule has 0 aromatic heterocycles. The number of carbonyl (C=O) groups is 1. The van der Waals surface area contributed by atoms with E-state index in [2.05, 4.69) is 10.6 Å². The van der Waals surface area contributed by atoms with Gasteiger partial charge in [0, 0.05) is 10.6 Å². The Balaban J connectivity index is 2.23. The highest BCUT2D eigenvalue weighted by Gasteiger charge is 2.34. The van der Waals surface area contributed by atoms with Crippen LogP contribution in [0.4, 0.5) is 5.69 Å². The van der Waals surface area contributed by atoms with Crippen LogP contribution in [0.3, 0.4) is 0 Å². The number of hydrogen-bond donors (Lipinski definition) is 2. The predicted molar refractivity (Wildman–Crippen MR) is 103 cm³/mol. The van der Waals surface area contributed by atoms with Gasteiger partial charge in [0.15, 0.2) is 0 Å². The Labute approximate surface area is 169 Å². The van der Waals surface area contributed by atoms with E-state index >= 15 is 0 Å². The van der Waals surface area contributed by atoms with Crippen molar-refractivity contribution in [2.45, 2.75) is 9.96 Å². The molecule has 1 atom stereocenters. The number of hydrogen-bond acceptors (Lipinski definition) is 2. The fourth-order valence-corrected chi connectivity index (χ4v) is 2.69. The number of halogens is 6. The lowest BCUT2D eigenvalue weighted by atomic mass is 10.2. The molecule has 0 bridgehead atoms. The molecule has 24 heavy (non-hydrogen) atoms. The Morgan fingerprint density at radius 1 is 1.00 bits per heavy atom. The zero-order chi connectivity index (χ0) is 17.9. The molecule has 2 aromatic carbocycles. The second-order valence-corrected chi connectivity index (χ2v) is 8.29. The fraction of sp³-hybridized carbons (Fsp3) is 0.133. The number of amides is 1. The lowest BCUT2D eigenvalue weighted by Gasteiger charge is -2.28. The van der Waals surface area contributed by atoms with E-state index in [9.17, 15) is 4.79 Å². The van der Waals surface area contributed by atoms with Gasteiger partial charge in [0.1, 0.15) is 6.17 Å². The summed E-state index contributed by atoms with van der Waals surface area (Å²) in [6.45, 7) is 0. The minimum Gasteiger partial charge on any atom is -0.361 e. The third-order valence-corrected chi connectivity index (χ3v) is 4.65. The highest BCUT2D eigenvalue weighted by molar-refractivity contribution is 6.68. The summed E-state index contributed by atoms with van der Waals surface area (Å²) in [5, 5.41) is 6.44. The third kappa shape index (κ3) is 5.22. The van der Waals surface area contributed by atoms with Gasteiger partial charge < -0.3 is 10.6 Å². The van der Waals surface area contributed by atoms with Gasteiger partial charge in [-0.3, -0.25) is 4.79 Å². The van der Waals surface area contributed by atoms with Gasteiger partial charge in [0.05, 0.1) is 15.7 Å². The molecule has 9 heteroatoms. The molecule has 0 aliphatic heterocycles. The van der Waals surface area contributed by atoms with Crippen LogP contribution >= 0.6 is 69.6 Å². The molecule has 0 saturated heterocycles. The number of rotatable bonds is 4. The van der Waals surface area contributed by atoms with Crippen molar-refractivity contribution in [1.29, 1.82) is 0 Å². The van der Waals surface area contributed by atoms with Crippen LogP contribution in [0.5, 0.6) is 0 Å². The quantitative estimate of drug-likeness (QED) is 0.434. The number of anilines is 1. The average Bonchev–Trinajstić information content (AvgIpc) is 2.50. The van der Waals surface area contributed by atoms with Crippen molar-refractivity contribution in [2.24, 2.45) is 0 Å². The van der Waals surface area contributed by atoms with E-state index in [0.717, 1.165) is 0 Å². The highest BCUT2D eigenvalue weighted by Crippen LogP contribution is 2.35. The van der Waals surface area contributed by atoms with E-state index in [1.807, 2.05) is 0 Å². The predicted octanol–water partition coefficient (Wildman–Crippen LogP) is 6.19.